The maximum absolute atomic E-state index is 13.0. The van der Waals surface area contributed by atoms with Crippen LogP contribution in [0.2, 0.25) is 0 Å². The van der Waals surface area contributed by atoms with E-state index in [1.807, 2.05) is 6.92 Å². The van der Waals surface area contributed by atoms with Crippen molar-refractivity contribution >= 4 is 5.71 Å². The van der Waals surface area contributed by atoms with E-state index in [0.717, 1.165) is 29.9 Å². The Hall–Kier alpha value is -1.58. The van der Waals surface area contributed by atoms with Crippen molar-refractivity contribution in [3.8, 4) is 0 Å². The molecular weight excluding hydrogens is 239 g/mol. The van der Waals surface area contributed by atoms with Gasteiger partial charge in [-0.05, 0) is 31.1 Å². The van der Waals surface area contributed by atoms with Gasteiger partial charge in [0.1, 0.15) is 0 Å². The van der Waals surface area contributed by atoms with Crippen molar-refractivity contribution in [2.75, 3.05) is 0 Å². The number of allylic oxidation sites excluding steroid dienone is 6. The molecule has 0 spiro atoms. The maximum Gasteiger partial charge on any atom is 0.400 e. The van der Waals surface area contributed by atoms with Crippen molar-refractivity contribution in [2.24, 2.45) is 10.4 Å². The van der Waals surface area contributed by atoms with Crippen LogP contribution in [0.25, 0.3) is 0 Å². The number of aliphatic imine (C=N–C) groups is 1. The van der Waals surface area contributed by atoms with Gasteiger partial charge in [-0.25, -0.2) is 0 Å². The fourth-order valence-electron chi connectivity index (χ4n) is 1.84. The Balaban J connectivity index is 2.43. The lowest BCUT2D eigenvalue weighted by Crippen LogP contribution is -2.31. The van der Waals surface area contributed by atoms with E-state index in [2.05, 4.69) is 11.6 Å². The van der Waals surface area contributed by atoms with Crippen molar-refractivity contribution in [3.63, 3.8) is 0 Å². The van der Waals surface area contributed by atoms with E-state index in [4.69, 9.17) is 0 Å². The second-order valence-electron chi connectivity index (χ2n) is 4.84. The van der Waals surface area contributed by atoms with Crippen LogP contribution < -0.4 is 0 Å². The van der Waals surface area contributed by atoms with Gasteiger partial charge in [-0.2, -0.15) is 13.2 Å². The summed E-state index contributed by atoms with van der Waals surface area (Å²) in [7, 11) is 0. The summed E-state index contributed by atoms with van der Waals surface area (Å²) in [6.45, 7) is 6.83. The lowest BCUT2D eigenvalue weighted by Gasteiger charge is -2.24. The second-order valence-corrected chi connectivity index (χ2v) is 4.84. The van der Waals surface area contributed by atoms with E-state index in [1.54, 1.807) is 0 Å². The molecule has 0 N–H and O–H groups in total. The molecule has 0 amide bonds. The Morgan fingerprint density at radius 2 is 1.89 bits per heavy atom. The van der Waals surface area contributed by atoms with Crippen molar-refractivity contribution < 1.29 is 13.2 Å². The Morgan fingerprint density at radius 1 is 1.28 bits per heavy atom. The average Bonchev–Trinajstić information content (AvgIpc) is 2.41. The summed E-state index contributed by atoms with van der Waals surface area (Å²) in [6.07, 6.45) is 1.58. The normalized spacial score (nSPS) is 28.1. The molecule has 0 aromatic rings. The Morgan fingerprint density at radius 3 is 2.50 bits per heavy atom. The first kappa shape index (κ1) is 12.9. The van der Waals surface area contributed by atoms with Gasteiger partial charge in [-0.1, -0.05) is 24.8 Å². The van der Waals surface area contributed by atoms with Crippen LogP contribution in [0.15, 0.2) is 52.7 Å². The Bertz CT molecular complexity index is 518. The molecule has 0 radical (unpaired) electrons. The van der Waals surface area contributed by atoms with Gasteiger partial charge in [0.2, 0.25) is 0 Å². The molecule has 2 aliphatic rings. The van der Waals surface area contributed by atoms with E-state index in [1.165, 1.54) is 18.2 Å². The molecule has 1 unspecified atom stereocenters. The van der Waals surface area contributed by atoms with Crippen molar-refractivity contribution in [3.05, 3.63) is 47.7 Å². The van der Waals surface area contributed by atoms with Gasteiger partial charge in [0, 0.05) is 12.1 Å². The van der Waals surface area contributed by atoms with Gasteiger partial charge >= 0.3 is 6.18 Å². The fraction of sp³-hybridized carbons (Fsp3) is 0.357. The second kappa shape index (κ2) is 3.97. The SMILES string of the molecule is C=C1CC2=C(C=CC(C)(C(F)(F)F)C=C2)N=C1C. The molecule has 0 aromatic carbocycles. The number of rotatable bonds is 0. The Labute approximate surface area is 104 Å². The van der Waals surface area contributed by atoms with Crippen LogP contribution in [0.4, 0.5) is 13.2 Å². The average molecular weight is 253 g/mol. The molecule has 2 rings (SSSR count). The largest absolute Gasteiger partial charge is 0.400 e. The minimum Gasteiger partial charge on any atom is -0.253 e. The third-order valence-corrected chi connectivity index (χ3v) is 3.36. The van der Waals surface area contributed by atoms with E-state index >= 15 is 0 Å². The number of nitrogens with zero attached hydrogens (tertiary/aromatic N) is 1. The van der Waals surface area contributed by atoms with Gasteiger partial charge in [0.25, 0.3) is 0 Å². The summed E-state index contributed by atoms with van der Waals surface area (Å²) < 4.78 is 38.9. The zero-order valence-electron chi connectivity index (χ0n) is 10.3. The summed E-state index contributed by atoms with van der Waals surface area (Å²) in [5.41, 5.74) is 1.08. The first-order chi connectivity index (χ1) is 8.23. The Kier molecular flexibility index (Phi) is 2.84. The third kappa shape index (κ3) is 2.07. The summed E-state index contributed by atoms with van der Waals surface area (Å²) >= 11 is 0. The van der Waals surface area contributed by atoms with Crippen LogP contribution in [0.5, 0.6) is 0 Å². The number of hydrogen-bond donors (Lipinski definition) is 0. The highest BCUT2D eigenvalue weighted by Crippen LogP contribution is 2.43. The fourth-order valence-corrected chi connectivity index (χ4v) is 1.84. The minimum absolute atomic E-state index is 0.555. The zero-order valence-corrected chi connectivity index (χ0v) is 10.3. The lowest BCUT2D eigenvalue weighted by atomic mass is 9.89. The molecule has 0 saturated heterocycles. The molecule has 0 bridgehead atoms. The van der Waals surface area contributed by atoms with Gasteiger partial charge in [-0.3, -0.25) is 4.99 Å². The summed E-state index contributed by atoms with van der Waals surface area (Å²) in [5, 5.41) is 0. The van der Waals surface area contributed by atoms with E-state index in [-0.39, 0.29) is 0 Å². The smallest absolute Gasteiger partial charge is 0.253 e. The molecule has 96 valence electrons. The van der Waals surface area contributed by atoms with E-state index in [0.29, 0.717) is 12.1 Å². The van der Waals surface area contributed by atoms with Gasteiger partial charge in [0.05, 0.1) is 11.1 Å². The lowest BCUT2D eigenvalue weighted by molar-refractivity contribution is -0.183. The molecule has 0 fully saturated rings. The summed E-state index contributed by atoms with van der Waals surface area (Å²) in [4.78, 5) is 4.28. The standard InChI is InChI=1S/C14H14F3N/c1-9-8-11-4-6-13(3,14(15,16)17)7-5-12(11)18-10(9)2/h4-7H,1,8H2,2-3H3. The summed E-state index contributed by atoms with van der Waals surface area (Å²) in [6, 6.07) is 0. The number of alkyl halides is 3. The minimum atomic E-state index is -4.30. The topological polar surface area (TPSA) is 12.4 Å². The molecule has 0 saturated carbocycles. The molecule has 1 heterocycles. The predicted octanol–water partition coefficient (Wildman–Crippen LogP) is 4.36. The van der Waals surface area contributed by atoms with E-state index < -0.39 is 11.6 Å². The van der Waals surface area contributed by atoms with Crippen LogP contribution in [-0.4, -0.2) is 11.9 Å². The molecule has 1 aliphatic heterocycles. The maximum atomic E-state index is 13.0. The van der Waals surface area contributed by atoms with Crippen LogP contribution in [0.3, 0.4) is 0 Å². The van der Waals surface area contributed by atoms with E-state index in [9.17, 15) is 13.2 Å². The molecule has 18 heavy (non-hydrogen) atoms. The monoisotopic (exact) mass is 253 g/mol. The van der Waals surface area contributed by atoms with Gasteiger partial charge < -0.3 is 0 Å². The number of halogens is 3. The van der Waals surface area contributed by atoms with Crippen molar-refractivity contribution in [1.82, 2.24) is 0 Å². The van der Waals surface area contributed by atoms with Crippen LogP contribution in [0.1, 0.15) is 20.3 Å². The van der Waals surface area contributed by atoms with Crippen molar-refractivity contribution in [2.45, 2.75) is 26.4 Å². The molecule has 1 atom stereocenters. The van der Waals surface area contributed by atoms with Gasteiger partial charge in [0.15, 0.2) is 0 Å². The van der Waals surface area contributed by atoms with Crippen LogP contribution in [-0.2, 0) is 0 Å². The molecule has 0 aromatic heterocycles. The predicted molar refractivity (Wildman–Crippen MR) is 66.3 cm³/mol. The first-order valence-electron chi connectivity index (χ1n) is 5.65. The third-order valence-electron chi connectivity index (χ3n) is 3.36. The quantitative estimate of drug-likeness (QED) is 0.608. The van der Waals surface area contributed by atoms with Crippen molar-refractivity contribution in [1.29, 1.82) is 0 Å². The molecule has 1 aliphatic carbocycles. The first-order valence-corrected chi connectivity index (χ1v) is 5.65. The summed E-state index contributed by atoms with van der Waals surface area (Å²) in [5.74, 6) is 0. The number of hydrogen-bond acceptors (Lipinski definition) is 1. The van der Waals surface area contributed by atoms with Crippen LogP contribution in [0, 0.1) is 5.41 Å². The highest BCUT2D eigenvalue weighted by Gasteiger charge is 2.47. The van der Waals surface area contributed by atoms with Crippen LogP contribution >= 0.6 is 0 Å². The highest BCUT2D eigenvalue weighted by molar-refractivity contribution is 6.00. The molecular formula is C14H14F3N. The molecule has 1 nitrogen and oxygen atoms in total. The molecule has 4 heteroatoms. The highest BCUT2D eigenvalue weighted by atomic mass is 19.4. The zero-order chi connectivity index (χ0) is 13.6. The van der Waals surface area contributed by atoms with Gasteiger partial charge in [-0.15, -0.1) is 0 Å².